The summed E-state index contributed by atoms with van der Waals surface area (Å²) in [5.41, 5.74) is 1.09. The Morgan fingerprint density at radius 3 is 2.00 bits per heavy atom. The lowest BCUT2D eigenvalue weighted by Crippen LogP contribution is -1.88. The molecule has 0 heterocycles. The molecule has 0 atom stereocenters. The van der Waals surface area contributed by atoms with Gasteiger partial charge in [0.1, 0.15) is 5.75 Å². The Labute approximate surface area is 77.6 Å². The molecule has 0 unspecified atom stereocenters. The highest BCUT2D eigenvalue weighted by Gasteiger charge is 1.83. The van der Waals surface area contributed by atoms with Crippen molar-refractivity contribution in [2.45, 2.75) is 6.92 Å². The van der Waals surface area contributed by atoms with E-state index in [1.807, 2.05) is 19.1 Å². The molecule has 4 nitrogen and oxygen atoms in total. The number of aromatic hydroxyl groups is 1. The van der Waals surface area contributed by atoms with Crippen LogP contribution in [0.15, 0.2) is 24.3 Å². The Hall–Kier alpha value is -1.07. The Morgan fingerprint density at radius 1 is 1.31 bits per heavy atom. The van der Waals surface area contributed by atoms with E-state index in [2.05, 4.69) is 0 Å². The number of aryl methyl sites for hydroxylation is 1. The van der Waals surface area contributed by atoms with E-state index in [1.165, 1.54) is 0 Å². The van der Waals surface area contributed by atoms with Crippen LogP contribution in [0.2, 0.25) is 0 Å². The van der Waals surface area contributed by atoms with E-state index in [4.69, 9.17) is 9.66 Å². The maximum absolute atomic E-state index is 9.19. The van der Waals surface area contributed by atoms with Gasteiger partial charge in [-0.05, 0) is 24.6 Å². The summed E-state index contributed by atoms with van der Waals surface area (Å²) in [5, 5.41) is 8.81. The van der Waals surface area contributed by atoms with Crippen molar-refractivity contribution in [3.63, 3.8) is 0 Å². The molecule has 0 amide bonds. The first-order chi connectivity index (χ1) is 5.79. The Bertz CT molecular complexity index is 331. The third kappa shape index (κ3) is 10.9. The third-order valence-corrected chi connectivity index (χ3v) is 1.00. The lowest BCUT2D eigenvalue weighted by molar-refractivity contribution is 0.475. The second-order valence-electron chi connectivity index (χ2n) is 2.57. The van der Waals surface area contributed by atoms with Crippen molar-refractivity contribution in [2.75, 3.05) is 6.26 Å². The summed E-state index contributed by atoms with van der Waals surface area (Å²) in [5.74, 6) is 0.338. The minimum absolute atomic E-state index is 0.338. The normalized spacial score (nSPS) is 10.1. The molecule has 0 aliphatic rings. The summed E-state index contributed by atoms with van der Waals surface area (Å²) in [4.78, 5) is 0. The molecular weight excluding hydrogens is 192 g/mol. The highest BCUT2D eigenvalue weighted by Crippen LogP contribution is 2.08. The quantitative estimate of drug-likeness (QED) is 0.623. The van der Waals surface area contributed by atoms with Crippen LogP contribution in [0.4, 0.5) is 0 Å². The molecule has 0 aliphatic heterocycles. The SMILES string of the molecule is CS(=O)(=O)O.Cc1cccc(O)c1. The molecule has 0 fully saturated rings. The van der Waals surface area contributed by atoms with Crippen molar-refractivity contribution in [1.29, 1.82) is 0 Å². The van der Waals surface area contributed by atoms with E-state index in [0.29, 0.717) is 12.0 Å². The first kappa shape index (κ1) is 11.9. The summed E-state index contributed by atoms with van der Waals surface area (Å²) < 4.78 is 25.9. The zero-order chi connectivity index (χ0) is 10.5. The zero-order valence-corrected chi connectivity index (χ0v) is 8.25. The highest BCUT2D eigenvalue weighted by molar-refractivity contribution is 7.85. The van der Waals surface area contributed by atoms with Gasteiger partial charge in [0.25, 0.3) is 10.1 Å². The van der Waals surface area contributed by atoms with E-state index in [0.717, 1.165) is 5.56 Å². The number of rotatable bonds is 0. The van der Waals surface area contributed by atoms with E-state index in [-0.39, 0.29) is 0 Å². The molecule has 0 radical (unpaired) electrons. The smallest absolute Gasteiger partial charge is 0.261 e. The number of benzene rings is 1. The number of phenols is 1. The fraction of sp³-hybridized carbons (Fsp3) is 0.250. The van der Waals surface area contributed by atoms with Crippen molar-refractivity contribution >= 4 is 10.1 Å². The van der Waals surface area contributed by atoms with Crippen molar-refractivity contribution in [3.8, 4) is 5.75 Å². The van der Waals surface area contributed by atoms with Gasteiger partial charge in [-0.2, -0.15) is 8.42 Å². The predicted octanol–water partition coefficient (Wildman–Crippen LogP) is 1.20. The van der Waals surface area contributed by atoms with Crippen LogP contribution in [-0.4, -0.2) is 24.3 Å². The van der Waals surface area contributed by atoms with Crippen molar-refractivity contribution in [3.05, 3.63) is 29.8 Å². The van der Waals surface area contributed by atoms with Gasteiger partial charge in [0, 0.05) is 0 Å². The molecule has 0 saturated heterocycles. The predicted molar refractivity (Wildman–Crippen MR) is 50.3 cm³/mol. The molecule has 0 aromatic heterocycles. The fourth-order valence-electron chi connectivity index (χ4n) is 0.628. The lowest BCUT2D eigenvalue weighted by Gasteiger charge is -1.89. The van der Waals surface area contributed by atoms with Gasteiger partial charge in [-0.3, -0.25) is 4.55 Å². The third-order valence-electron chi connectivity index (χ3n) is 1.00. The first-order valence-corrected chi connectivity index (χ1v) is 5.32. The molecule has 74 valence electrons. The molecule has 1 aromatic carbocycles. The summed E-state index contributed by atoms with van der Waals surface area (Å²) in [6, 6.07) is 7.15. The summed E-state index contributed by atoms with van der Waals surface area (Å²) >= 11 is 0. The second kappa shape index (κ2) is 4.84. The Balaban J connectivity index is 0.000000252. The van der Waals surface area contributed by atoms with Crippen LogP contribution in [0.3, 0.4) is 0 Å². The van der Waals surface area contributed by atoms with Gasteiger partial charge in [-0.25, -0.2) is 0 Å². The van der Waals surface area contributed by atoms with Gasteiger partial charge in [0.15, 0.2) is 0 Å². The monoisotopic (exact) mass is 204 g/mol. The Kier molecular flexibility index (Phi) is 4.44. The number of phenolic OH excluding ortho intramolecular Hbond substituents is 1. The van der Waals surface area contributed by atoms with Crippen LogP contribution >= 0.6 is 0 Å². The lowest BCUT2D eigenvalue weighted by atomic mass is 10.2. The van der Waals surface area contributed by atoms with Gasteiger partial charge >= 0.3 is 0 Å². The molecule has 13 heavy (non-hydrogen) atoms. The molecule has 0 spiro atoms. The molecule has 5 heteroatoms. The standard InChI is InChI=1S/C7H8O.CH4O3S/c1-6-3-2-4-7(8)5-6;1-5(2,3)4/h2-5,8H,1H3;1H3,(H,2,3,4). The molecule has 0 bridgehead atoms. The maximum Gasteiger partial charge on any atom is 0.261 e. The van der Waals surface area contributed by atoms with Crippen molar-refractivity contribution in [2.24, 2.45) is 0 Å². The van der Waals surface area contributed by atoms with Crippen molar-refractivity contribution < 1.29 is 18.1 Å². The van der Waals surface area contributed by atoms with Gasteiger partial charge in [0.2, 0.25) is 0 Å². The van der Waals surface area contributed by atoms with Gasteiger partial charge in [0.05, 0.1) is 6.26 Å². The van der Waals surface area contributed by atoms with Crippen LogP contribution in [-0.2, 0) is 10.1 Å². The van der Waals surface area contributed by atoms with E-state index >= 15 is 0 Å². The molecule has 2 N–H and O–H groups in total. The molecular formula is C8H12O4S. The minimum atomic E-state index is -3.67. The first-order valence-electron chi connectivity index (χ1n) is 3.47. The Morgan fingerprint density at radius 2 is 1.77 bits per heavy atom. The summed E-state index contributed by atoms with van der Waals surface area (Å²) in [6.07, 6.45) is 0.715. The molecule has 1 rings (SSSR count). The average Bonchev–Trinajstić information content (AvgIpc) is 1.81. The van der Waals surface area contributed by atoms with Crippen molar-refractivity contribution in [1.82, 2.24) is 0 Å². The average molecular weight is 204 g/mol. The number of hydrogen-bond donors (Lipinski definition) is 2. The maximum atomic E-state index is 9.19. The van der Waals surface area contributed by atoms with E-state index < -0.39 is 10.1 Å². The number of hydrogen-bond acceptors (Lipinski definition) is 3. The summed E-state index contributed by atoms with van der Waals surface area (Å²) in [7, 11) is -3.67. The van der Waals surface area contributed by atoms with Crippen LogP contribution < -0.4 is 0 Å². The van der Waals surface area contributed by atoms with E-state index in [1.54, 1.807) is 12.1 Å². The van der Waals surface area contributed by atoms with Crippen LogP contribution in [0.25, 0.3) is 0 Å². The highest BCUT2D eigenvalue weighted by atomic mass is 32.2. The van der Waals surface area contributed by atoms with Crippen LogP contribution in [0.1, 0.15) is 5.56 Å². The van der Waals surface area contributed by atoms with Gasteiger partial charge in [-0.15, -0.1) is 0 Å². The van der Waals surface area contributed by atoms with Crippen LogP contribution in [0.5, 0.6) is 5.75 Å². The topological polar surface area (TPSA) is 74.6 Å². The molecule has 0 aliphatic carbocycles. The van der Waals surface area contributed by atoms with Gasteiger partial charge < -0.3 is 5.11 Å². The largest absolute Gasteiger partial charge is 0.508 e. The van der Waals surface area contributed by atoms with Gasteiger partial charge in [-0.1, -0.05) is 12.1 Å². The second-order valence-corrected chi connectivity index (χ2v) is 4.04. The zero-order valence-electron chi connectivity index (χ0n) is 7.43. The molecule has 1 aromatic rings. The fourth-order valence-corrected chi connectivity index (χ4v) is 0.628. The van der Waals surface area contributed by atoms with Crippen LogP contribution in [0, 0.1) is 6.92 Å². The molecule has 0 saturated carbocycles. The summed E-state index contributed by atoms with van der Waals surface area (Å²) in [6.45, 7) is 1.94. The minimum Gasteiger partial charge on any atom is -0.508 e. The van der Waals surface area contributed by atoms with E-state index in [9.17, 15) is 8.42 Å².